The monoisotopic (exact) mass is 236 g/mol. The summed E-state index contributed by atoms with van der Waals surface area (Å²) in [7, 11) is 0. The van der Waals surface area contributed by atoms with Crippen LogP contribution in [0.15, 0.2) is 0 Å². The van der Waals surface area contributed by atoms with E-state index in [1.807, 2.05) is 0 Å². The zero-order chi connectivity index (χ0) is 11.7. The zero-order valence-electron chi connectivity index (χ0n) is 10.6. The van der Waals surface area contributed by atoms with Crippen molar-refractivity contribution >= 4 is 5.91 Å². The molecule has 3 aliphatic rings. The van der Waals surface area contributed by atoms with Crippen LogP contribution in [0.25, 0.3) is 0 Å². The van der Waals surface area contributed by atoms with E-state index in [2.05, 4.69) is 10.6 Å². The molecule has 0 aromatic carbocycles. The van der Waals surface area contributed by atoms with Gasteiger partial charge in [0, 0.05) is 18.5 Å². The lowest BCUT2D eigenvalue weighted by Gasteiger charge is -2.21. The van der Waals surface area contributed by atoms with Crippen LogP contribution >= 0.6 is 0 Å². The highest BCUT2D eigenvalue weighted by atomic mass is 16.1. The Hall–Kier alpha value is -0.570. The molecule has 0 spiro atoms. The van der Waals surface area contributed by atoms with Crippen molar-refractivity contribution < 1.29 is 4.79 Å². The highest BCUT2D eigenvalue weighted by molar-refractivity contribution is 5.79. The molecule has 0 radical (unpaired) electrons. The minimum atomic E-state index is 0.343. The summed E-state index contributed by atoms with van der Waals surface area (Å²) in [5.41, 5.74) is 0. The number of hydrogen-bond donors (Lipinski definition) is 2. The van der Waals surface area contributed by atoms with Gasteiger partial charge in [-0.05, 0) is 56.9 Å². The normalized spacial score (nSPS) is 39.8. The second-order valence-corrected chi connectivity index (χ2v) is 6.15. The van der Waals surface area contributed by atoms with Crippen LogP contribution in [0.2, 0.25) is 0 Å². The first-order valence-corrected chi connectivity index (χ1v) is 7.34. The van der Waals surface area contributed by atoms with Crippen LogP contribution in [0, 0.1) is 17.8 Å². The van der Waals surface area contributed by atoms with Gasteiger partial charge in [0.25, 0.3) is 0 Å². The van der Waals surface area contributed by atoms with Crippen LogP contribution in [-0.2, 0) is 4.79 Å². The molecule has 3 fully saturated rings. The number of fused-ring (bicyclic) bond motifs is 2. The topological polar surface area (TPSA) is 41.1 Å². The van der Waals surface area contributed by atoms with Crippen molar-refractivity contribution in [3.05, 3.63) is 0 Å². The van der Waals surface area contributed by atoms with Crippen LogP contribution in [-0.4, -0.2) is 25.0 Å². The Labute approximate surface area is 104 Å². The van der Waals surface area contributed by atoms with E-state index in [1.165, 1.54) is 32.1 Å². The first-order chi connectivity index (χ1) is 8.33. The van der Waals surface area contributed by atoms with E-state index >= 15 is 0 Å². The van der Waals surface area contributed by atoms with Crippen molar-refractivity contribution in [3.8, 4) is 0 Å². The number of carbonyl (C=O) groups is 1. The van der Waals surface area contributed by atoms with Gasteiger partial charge < -0.3 is 10.6 Å². The number of rotatable bonds is 4. The molecule has 3 unspecified atom stereocenters. The second-order valence-electron chi connectivity index (χ2n) is 6.15. The van der Waals surface area contributed by atoms with Gasteiger partial charge >= 0.3 is 0 Å². The SMILES string of the molecule is O=C(NCC[C@H]1CCCN1)C1CC2CCC1C2. The van der Waals surface area contributed by atoms with Crippen LogP contribution in [0.4, 0.5) is 0 Å². The van der Waals surface area contributed by atoms with E-state index in [0.717, 1.165) is 31.8 Å². The van der Waals surface area contributed by atoms with Crippen LogP contribution in [0.1, 0.15) is 44.9 Å². The molecule has 96 valence electrons. The van der Waals surface area contributed by atoms with Crippen molar-refractivity contribution in [2.75, 3.05) is 13.1 Å². The average Bonchev–Trinajstić information content (AvgIpc) is 3.05. The number of nitrogens with one attached hydrogen (secondary N) is 2. The molecule has 2 saturated carbocycles. The molecule has 0 aromatic rings. The van der Waals surface area contributed by atoms with Gasteiger partial charge in [-0.2, -0.15) is 0 Å². The molecule has 4 atom stereocenters. The van der Waals surface area contributed by atoms with Gasteiger partial charge in [0.2, 0.25) is 5.91 Å². The molecule has 1 heterocycles. The third-order valence-corrected chi connectivity index (χ3v) is 5.03. The lowest BCUT2D eigenvalue weighted by molar-refractivity contribution is -0.126. The summed E-state index contributed by atoms with van der Waals surface area (Å²) in [6, 6.07) is 0.648. The molecule has 17 heavy (non-hydrogen) atoms. The summed E-state index contributed by atoms with van der Waals surface area (Å²) < 4.78 is 0. The predicted molar refractivity (Wildman–Crippen MR) is 67.6 cm³/mol. The molecule has 2 aliphatic carbocycles. The molecule has 1 amide bonds. The fourth-order valence-electron chi connectivity index (χ4n) is 4.07. The van der Waals surface area contributed by atoms with Crippen molar-refractivity contribution in [1.82, 2.24) is 10.6 Å². The van der Waals surface area contributed by atoms with Crippen molar-refractivity contribution in [1.29, 1.82) is 0 Å². The lowest BCUT2D eigenvalue weighted by atomic mass is 9.88. The fourth-order valence-corrected chi connectivity index (χ4v) is 4.07. The first-order valence-electron chi connectivity index (χ1n) is 7.34. The van der Waals surface area contributed by atoms with E-state index in [9.17, 15) is 4.79 Å². The Morgan fingerprint density at radius 3 is 2.82 bits per heavy atom. The molecule has 3 nitrogen and oxygen atoms in total. The Morgan fingerprint density at radius 1 is 1.24 bits per heavy atom. The molecule has 2 N–H and O–H groups in total. The number of hydrogen-bond acceptors (Lipinski definition) is 2. The average molecular weight is 236 g/mol. The molecule has 3 rings (SSSR count). The first kappa shape index (κ1) is 11.5. The highest BCUT2D eigenvalue weighted by Gasteiger charge is 2.42. The summed E-state index contributed by atoms with van der Waals surface area (Å²) in [4.78, 5) is 12.1. The van der Waals surface area contributed by atoms with E-state index < -0.39 is 0 Å². The maximum atomic E-state index is 12.1. The fraction of sp³-hybridized carbons (Fsp3) is 0.929. The third kappa shape index (κ3) is 2.49. The summed E-state index contributed by atoms with van der Waals surface area (Å²) in [5.74, 6) is 2.28. The van der Waals surface area contributed by atoms with Crippen molar-refractivity contribution in [2.45, 2.75) is 51.0 Å². The van der Waals surface area contributed by atoms with Gasteiger partial charge in [0.05, 0.1) is 0 Å². The predicted octanol–water partition coefficient (Wildman–Crippen LogP) is 1.68. The lowest BCUT2D eigenvalue weighted by Crippen LogP contribution is -2.36. The van der Waals surface area contributed by atoms with Gasteiger partial charge in [0.1, 0.15) is 0 Å². The standard InChI is InChI=1S/C14H24N2O/c17-14(13-9-10-3-4-11(13)8-10)16-7-5-12-2-1-6-15-12/h10-13,15H,1-9H2,(H,16,17)/t10?,11?,12-,13?/m1/s1. The summed E-state index contributed by atoms with van der Waals surface area (Å²) in [6.45, 7) is 2.02. The summed E-state index contributed by atoms with van der Waals surface area (Å²) in [6.07, 6.45) is 8.84. The molecule has 1 saturated heterocycles. The van der Waals surface area contributed by atoms with E-state index in [1.54, 1.807) is 0 Å². The molecular weight excluding hydrogens is 212 g/mol. The maximum absolute atomic E-state index is 12.1. The quantitative estimate of drug-likeness (QED) is 0.780. The molecule has 2 bridgehead atoms. The zero-order valence-corrected chi connectivity index (χ0v) is 10.6. The highest BCUT2D eigenvalue weighted by Crippen LogP contribution is 2.48. The van der Waals surface area contributed by atoms with Gasteiger partial charge in [-0.1, -0.05) is 6.42 Å². The maximum Gasteiger partial charge on any atom is 0.223 e. The Bertz CT molecular complexity index is 286. The van der Waals surface area contributed by atoms with Gasteiger partial charge in [-0.3, -0.25) is 4.79 Å². The van der Waals surface area contributed by atoms with Crippen LogP contribution < -0.4 is 10.6 Å². The van der Waals surface area contributed by atoms with Gasteiger partial charge in [0.15, 0.2) is 0 Å². The van der Waals surface area contributed by atoms with Crippen LogP contribution in [0.5, 0.6) is 0 Å². The van der Waals surface area contributed by atoms with Crippen LogP contribution in [0.3, 0.4) is 0 Å². The summed E-state index contributed by atoms with van der Waals surface area (Å²) in [5, 5.41) is 6.63. The molecule has 3 heteroatoms. The Balaban J connectivity index is 1.38. The Kier molecular flexibility index (Phi) is 3.37. The van der Waals surface area contributed by atoms with E-state index in [4.69, 9.17) is 0 Å². The minimum absolute atomic E-state index is 0.343. The van der Waals surface area contributed by atoms with E-state index in [0.29, 0.717) is 23.8 Å². The van der Waals surface area contributed by atoms with Crippen molar-refractivity contribution in [3.63, 3.8) is 0 Å². The number of carbonyl (C=O) groups excluding carboxylic acids is 1. The Morgan fingerprint density at radius 2 is 2.18 bits per heavy atom. The van der Waals surface area contributed by atoms with Gasteiger partial charge in [-0.15, -0.1) is 0 Å². The molecule has 0 aromatic heterocycles. The molecule has 1 aliphatic heterocycles. The van der Waals surface area contributed by atoms with Crippen molar-refractivity contribution in [2.24, 2.45) is 17.8 Å². The third-order valence-electron chi connectivity index (χ3n) is 5.03. The number of amides is 1. The smallest absolute Gasteiger partial charge is 0.223 e. The summed E-state index contributed by atoms with van der Waals surface area (Å²) >= 11 is 0. The second kappa shape index (κ2) is 4.97. The van der Waals surface area contributed by atoms with E-state index in [-0.39, 0.29) is 0 Å². The largest absolute Gasteiger partial charge is 0.356 e. The molecular formula is C14H24N2O. The van der Waals surface area contributed by atoms with Gasteiger partial charge in [-0.25, -0.2) is 0 Å². The minimum Gasteiger partial charge on any atom is -0.356 e.